The summed E-state index contributed by atoms with van der Waals surface area (Å²) in [4.78, 5) is 0. The fraction of sp³-hybridized carbons (Fsp3) is 0.600. The molecule has 0 amide bonds. The lowest BCUT2D eigenvalue weighted by atomic mass is 9.89. The molecule has 2 rings (SSSR count). The van der Waals surface area contributed by atoms with Gasteiger partial charge in [0.1, 0.15) is 0 Å². The average Bonchev–Trinajstić information content (AvgIpc) is 2.41. The Bertz CT molecular complexity index is 398. The molecular formula is C15H23NO2. The Labute approximate surface area is 109 Å². The zero-order valence-corrected chi connectivity index (χ0v) is 11.6. The van der Waals surface area contributed by atoms with Crippen LogP contribution in [0.25, 0.3) is 0 Å². The summed E-state index contributed by atoms with van der Waals surface area (Å²) in [5.41, 5.74) is 2.69. The van der Waals surface area contributed by atoms with E-state index in [1.807, 2.05) is 0 Å². The van der Waals surface area contributed by atoms with Crippen molar-refractivity contribution in [1.82, 2.24) is 5.32 Å². The largest absolute Gasteiger partial charge is 0.493 e. The van der Waals surface area contributed by atoms with Crippen molar-refractivity contribution < 1.29 is 9.47 Å². The van der Waals surface area contributed by atoms with Gasteiger partial charge < -0.3 is 14.8 Å². The van der Waals surface area contributed by atoms with Gasteiger partial charge in [0.2, 0.25) is 0 Å². The van der Waals surface area contributed by atoms with Crippen LogP contribution in [0.3, 0.4) is 0 Å². The summed E-state index contributed by atoms with van der Waals surface area (Å²) >= 11 is 0. The van der Waals surface area contributed by atoms with Crippen LogP contribution < -0.4 is 14.8 Å². The van der Waals surface area contributed by atoms with Crippen LogP contribution in [-0.4, -0.2) is 27.3 Å². The van der Waals surface area contributed by atoms with E-state index in [-0.39, 0.29) is 0 Å². The molecule has 0 bridgehead atoms. The van der Waals surface area contributed by atoms with Gasteiger partial charge in [-0.3, -0.25) is 0 Å². The minimum atomic E-state index is 0.794. The maximum atomic E-state index is 5.38. The maximum absolute atomic E-state index is 5.38. The van der Waals surface area contributed by atoms with E-state index >= 15 is 0 Å². The van der Waals surface area contributed by atoms with Gasteiger partial charge in [0, 0.05) is 0 Å². The lowest BCUT2D eigenvalue weighted by Crippen LogP contribution is -2.28. The molecule has 1 aromatic carbocycles. The number of methoxy groups -OCH3 is 2. The van der Waals surface area contributed by atoms with E-state index in [9.17, 15) is 0 Å². The summed E-state index contributed by atoms with van der Waals surface area (Å²) in [5.74, 6) is 2.46. The molecule has 1 fully saturated rings. The van der Waals surface area contributed by atoms with Gasteiger partial charge in [-0.05, 0) is 68.5 Å². The van der Waals surface area contributed by atoms with E-state index in [1.165, 1.54) is 24.0 Å². The van der Waals surface area contributed by atoms with Crippen molar-refractivity contribution in [3.05, 3.63) is 23.3 Å². The van der Waals surface area contributed by atoms with Crippen molar-refractivity contribution >= 4 is 0 Å². The van der Waals surface area contributed by atoms with E-state index in [2.05, 4.69) is 24.4 Å². The first-order valence-corrected chi connectivity index (χ1v) is 6.66. The molecule has 0 radical (unpaired) electrons. The van der Waals surface area contributed by atoms with E-state index in [0.29, 0.717) is 0 Å². The molecule has 3 heteroatoms. The van der Waals surface area contributed by atoms with Gasteiger partial charge in [-0.2, -0.15) is 0 Å². The summed E-state index contributed by atoms with van der Waals surface area (Å²) < 4.78 is 10.7. The number of rotatable bonds is 4. The van der Waals surface area contributed by atoms with Crippen LogP contribution in [0.1, 0.15) is 24.0 Å². The Morgan fingerprint density at radius 1 is 1.11 bits per heavy atom. The van der Waals surface area contributed by atoms with E-state index in [0.717, 1.165) is 36.9 Å². The Balaban J connectivity index is 2.16. The van der Waals surface area contributed by atoms with Crippen LogP contribution >= 0.6 is 0 Å². The number of piperidine rings is 1. The SMILES string of the molecule is COc1cc(C)c(CC2CCNCC2)cc1OC. The molecule has 18 heavy (non-hydrogen) atoms. The third-order valence-electron chi connectivity index (χ3n) is 3.81. The summed E-state index contributed by atoms with van der Waals surface area (Å²) in [7, 11) is 3.38. The van der Waals surface area contributed by atoms with Gasteiger partial charge in [-0.25, -0.2) is 0 Å². The topological polar surface area (TPSA) is 30.5 Å². The van der Waals surface area contributed by atoms with Crippen molar-refractivity contribution in [2.24, 2.45) is 5.92 Å². The molecule has 1 aromatic rings. The highest BCUT2D eigenvalue weighted by atomic mass is 16.5. The molecule has 0 aliphatic carbocycles. The lowest BCUT2D eigenvalue weighted by Gasteiger charge is -2.23. The first-order chi connectivity index (χ1) is 8.74. The van der Waals surface area contributed by atoms with Gasteiger partial charge in [0.15, 0.2) is 11.5 Å². The van der Waals surface area contributed by atoms with Crippen LogP contribution in [0.4, 0.5) is 0 Å². The second-order valence-electron chi connectivity index (χ2n) is 5.03. The second-order valence-corrected chi connectivity index (χ2v) is 5.03. The quantitative estimate of drug-likeness (QED) is 0.889. The Hall–Kier alpha value is -1.22. The van der Waals surface area contributed by atoms with Crippen molar-refractivity contribution in [3.63, 3.8) is 0 Å². The van der Waals surface area contributed by atoms with Gasteiger partial charge >= 0.3 is 0 Å². The lowest BCUT2D eigenvalue weighted by molar-refractivity contribution is 0.351. The highest BCUT2D eigenvalue weighted by Crippen LogP contribution is 2.32. The molecule has 3 nitrogen and oxygen atoms in total. The first-order valence-electron chi connectivity index (χ1n) is 6.66. The smallest absolute Gasteiger partial charge is 0.161 e. The highest BCUT2D eigenvalue weighted by molar-refractivity contribution is 5.47. The van der Waals surface area contributed by atoms with Crippen molar-refractivity contribution in [2.75, 3.05) is 27.3 Å². The summed E-state index contributed by atoms with van der Waals surface area (Å²) in [6.07, 6.45) is 3.69. The van der Waals surface area contributed by atoms with Gasteiger partial charge in [0.05, 0.1) is 14.2 Å². The molecule has 100 valence electrons. The molecule has 0 saturated carbocycles. The molecule has 0 unspecified atom stereocenters. The van der Waals surface area contributed by atoms with Crippen molar-refractivity contribution in [2.45, 2.75) is 26.2 Å². The molecule has 1 aliphatic heterocycles. The van der Waals surface area contributed by atoms with Crippen LogP contribution in [0, 0.1) is 12.8 Å². The highest BCUT2D eigenvalue weighted by Gasteiger charge is 2.16. The van der Waals surface area contributed by atoms with Crippen LogP contribution in [0.2, 0.25) is 0 Å². The second kappa shape index (κ2) is 6.10. The number of ether oxygens (including phenoxy) is 2. The number of hydrogen-bond donors (Lipinski definition) is 1. The van der Waals surface area contributed by atoms with Crippen LogP contribution in [0.5, 0.6) is 11.5 Å². The summed E-state index contributed by atoms with van der Waals surface area (Å²) in [6, 6.07) is 4.21. The van der Waals surface area contributed by atoms with Crippen LogP contribution in [0.15, 0.2) is 12.1 Å². The fourth-order valence-electron chi connectivity index (χ4n) is 2.64. The first kappa shape index (κ1) is 13.2. The molecule has 0 aromatic heterocycles. The van der Waals surface area contributed by atoms with Crippen molar-refractivity contribution in [3.8, 4) is 11.5 Å². The molecule has 1 saturated heterocycles. The summed E-state index contributed by atoms with van der Waals surface area (Å²) in [6.45, 7) is 4.45. The fourth-order valence-corrected chi connectivity index (χ4v) is 2.64. The number of hydrogen-bond acceptors (Lipinski definition) is 3. The van der Waals surface area contributed by atoms with Gasteiger partial charge in [0.25, 0.3) is 0 Å². The normalized spacial score (nSPS) is 16.6. The molecule has 0 spiro atoms. The van der Waals surface area contributed by atoms with E-state index in [1.54, 1.807) is 14.2 Å². The maximum Gasteiger partial charge on any atom is 0.161 e. The molecular weight excluding hydrogens is 226 g/mol. The minimum absolute atomic E-state index is 0.794. The Morgan fingerprint density at radius 3 is 2.33 bits per heavy atom. The standard InChI is InChI=1S/C15H23NO2/c1-11-8-14(17-2)15(18-3)10-13(11)9-12-4-6-16-7-5-12/h8,10,12,16H,4-7,9H2,1-3H3. The minimum Gasteiger partial charge on any atom is -0.493 e. The third-order valence-corrected chi connectivity index (χ3v) is 3.81. The van der Waals surface area contributed by atoms with Crippen molar-refractivity contribution in [1.29, 1.82) is 0 Å². The number of aryl methyl sites for hydroxylation is 1. The monoisotopic (exact) mass is 249 g/mol. The molecule has 1 N–H and O–H groups in total. The zero-order chi connectivity index (χ0) is 13.0. The van der Waals surface area contributed by atoms with Gasteiger partial charge in [-0.1, -0.05) is 0 Å². The van der Waals surface area contributed by atoms with E-state index in [4.69, 9.17) is 9.47 Å². The molecule has 1 aliphatic rings. The Kier molecular flexibility index (Phi) is 4.48. The molecule has 0 atom stereocenters. The predicted molar refractivity (Wildman–Crippen MR) is 73.6 cm³/mol. The average molecular weight is 249 g/mol. The Morgan fingerprint density at radius 2 is 1.72 bits per heavy atom. The third kappa shape index (κ3) is 2.96. The molecule has 1 heterocycles. The predicted octanol–water partition coefficient (Wildman–Crippen LogP) is 2.55. The van der Waals surface area contributed by atoms with Crippen LogP contribution in [-0.2, 0) is 6.42 Å². The van der Waals surface area contributed by atoms with Gasteiger partial charge in [-0.15, -0.1) is 0 Å². The summed E-state index contributed by atoms with van der Waals surface area (Å²) in [5, 5.41) is 3.41. The van der Waals surface area contributed by atoms with E-state index < -0.39 is 0 Å². The zero-order valence-electron chi connectivity index (χ0n) is 11.6. The number of nitrogens with one attached hydrogen (secondary N) is 1. The number of benzene rings is 1.